The fourth-order valence-electron chi connectivity index (χ4n) is 0.649. The lowest BCUT2D eigenvalue weighted by Crippen LogP contribution is -1.99. The maximum Gasteiger partial charge on any atom is 0.103 e. The molecule has 0 bridgehead atoms. The van der Waals surface area contributed by atoms with Gasteiger partial charge in [0.25, 0.3) is 0 Å². The molecule has 3 heteroatoms. The minimum absolute atomic E-state index is 0.224. The summed E-state index contributed by atoms with van der Waals surface area (Å²) >= 11 is 0. The van der Waals surface area contributed by atoms with Crippen LogP contribution in [0.5, 0.6) is 0 Å². The molecule has 1 rings (SSSR count). The van der Waals surface area contributed by atoms with Crippen LogP contribution in [0.25, 0.3) is 0 Å². The van der Waals surface area contributed by atoms with E-state index in [9.17, 15) is 0 Å². The van der Waals surface area contributed by atoms with Gasteiger partial charge < -0.3 is 15.2 Å². The highest BCUT2D eigenvalue weighted by atomic mass is 16.3. The second-order valence-corrected chi connectivity index (χ2v) is 1.84. The average molecular weight is 127 g/mol. The zero-order valence-corrected chi connectivity index (χ0v) is 4.91. The molecule has 0 fully saturated rings. The quantitative estimate of drug-likeness (QED) is 0.525. The van der Waals surface area contributed by atoms with Crippen LogP contribution < -0.4 is 0 Å². The summed E-state index contributed by atoms with van der Waals surface area (Å²) in [7, 11) is 0. The smallest absolute Gasteiger partial charge is 0.103 e. The molecule has 50 valence electrons. The molecule has 0 aliphatic rings. The Morgan fingerprint density at radius 1 is 1.67 bits per heavy atom. The van der Waals surface area contributed by atoms with E-state index in [0.29, 0.717) is 0 Å². The first kappa shape index (κ1) is 6.32. The van der Waals surface area contributed by atoms with Crippen LogP contribution in [0.1, 0.15) is 11.7 Å². The first-order valence-electron chi connectivity index (χ1n) is 2.76. The average Bonchev–Trinajstić information content (AvgIpc) is 2.37. The van der Waals surface area contributed by atoms with Gasteiger partial charge >= 0.3 is 0 Å². The Labute approximate surface area is 53.0 Å². The van der Waals surface area contributed by atoms with Crippen molar-refractivity contribution in [3.8, 4) is 0 Å². The van der Waals surface area contributed by atoms with E-state index >= 15 is 0 Å². The number of hydrogen-bond donors (Lipinski definition) is 3. The van der Waals surface area contributed by atoms with Crippen molar-refractivity contribution in [2.75, 3.05) is 6.61 Å². The van der Waals surface area contributed by atoms with Crippen molar-refractivity contribution in [2.24, 2.45) is 0 Å². The summed E-state index contributed by atoms with van der Waals surface area (Å²) in [5.74, 6) is 0. The minimum atomic E-state index is -0.740. The standard InChI is InChI=1S/C6H9NO2/c8-4-6(9)5-1-2-7-3-5/h1-3,6-9H,4H2. The van der Waals surface area contributed by atoms with Gasteiger partial charge in [0.15, 0.2) is 0 Å². The number of aromatic nitrogens is 1. The maximum atomic E-state index is 8.95. The summed E-state index contributed by atoms with van der Waals surface area (Å²) in [5, 5.41) is 17.4. The second-order valence-electron chi connectivity index (χ2n) is 1.84. The Balaban J connectivity index is 2.65. The van der Waals surface area contributed by atoms with Gasteiger partial charge in [-0.2, -0.15) is 0 Å². The Kier molecular flexibility index (Phi) is 1.87. The normalized spacial score (nSPS) is 13.6. The van der Waals surface area contributed by atoms with Crippen molar-refractivity contribution in [1.82, 2.24) is 4.98 Å². The molecule has 0 aliphatic carbocycles. The van der Waals surface area contributed by atoms with E-state index in [1.807, 2.05) is 0 Å². The number of rotatable bonds is 2. The third-order valence-corrected chi connectivity index (χ3v) is 1.18. The molecule has 3 N–H and O–H groups in total. The molecule has 9 heavy (non-hydrogen) atoms. The molecule has 1 heterocycles. The molecule has 0 radical (unpaired) electrons. The topological polar surface area (TPSA) is 56.2 Å². The molecule has 0 aliphatic heterocycles. The highest BCUT2D eigenvalue weighted by molar-refractivity contribution is 5.11. The van der Waals surface area contributed by atoms with Crippen LogP contribution in [0, 0.1) is 0 Å². The number of hydrogen-bond acceptors (Lipinski definition) is 2. The molecule has 0 saturated heterocycles. The highest BCUT2D eigenvalue weighted by Crippen LogP contribution is 2.08. The van der Waals surface area contributed by atoms with Crippen molar-refractivity contribution < 1.29 is 10.2 Å². The van der Waals surface area contributed by atoms with Crippen molar-refractivity contribution in [2.45, 2.75) is 6.10 Å². The summed E-state index contributed by atoms with van der Waals surface area (Å²) in [6.45, 7) is -0.224. The van der Waals surface area contributed by atoms with Crippen molar-refractivity contribution in [3.05, 3.63) is 24.0 Å². The van der Waals surface area contributed by atoms with E-state index in [-0.39, 0.29) is 6.61 Å². The van der Waals surface area contributed by atoms with Crippen LogP contribution in [-0.2, 0) is 0 Å². The van der Waals surface area contributed by atoms with E-state index < -0.39 is 6.10 Å². The van der Waals surface area contributed by atoms with Gasteiger partial charge in [-0.05, 0) is 6.07 Å². The van der Waals surface area contributed by atoms with Crippen LogP contribution in [0.2, 0.25) is 0 Å². The summed E-state index contributed by atoms with van der Waals surface area (Å²) in [4.78, 5) is 2.77. The Morgan fingerprint density at radius 2 is 2.44 bits per heavy atom. The number of aliphatic hydroxyl groups is 2. The van der Waals surface area contributed by atoms with E-state index in [1.165, 1.54) is 0 Å². The van der Waals surface area contributed by atoms with Gasteiger partial charge in [-0.25, -0.2) is 0 Å². The molecule has 1 unspecified atom stereocenters. The van der Waals surface area contributed by atoms with Crippen molar-refractivity contribution in [3.63, 3.8) is 0 Å². The molecule has 0 aromatic carbocycles. The van der Waals surface area contributed by atoms with Gasteiger partial charge in [0.2, 0.25) is 0 Å². The van der Waals surface area contributed by atoms with Gasteiger partial charge in [0.05, 0.1) is 6.61 Å². The monoisotopic (exact) mass is 127 g/mol. The summed E-state index contributed by atoms with van der Waals surface area (Å²) in [6, 6.07) is 1.72. The first-order chi connectivity index (χ1) is 4.34. The highest BCUT2D eigenvalue weighted by Gasteiger charge is 2.03. The fourth-order valence-corrected chi connectivity index (χ4v) is 0.649. The molecule has 1 aromatic rings. The predicted octanol–water partition coefficient (Wildman–Crippen LogP) is 0.0404. The van der Waals surface area contributed by atoms with Crippen molar-refractivity contribution in [1.29, 1.82) is 0 Å². The number of aliphatic hydroxyl groups excluding tert-OH is 2. The van der Waals surface area contributed by atoms with E-state index in [4.69, 9.17) is 10.2 Å². The fraction of sp³-hybridized carbons (Fsp3) is 0.333. The third kappa shape index (κ3) is 1.31. The lowest BCUT2D eigenvalue weighted by atomic mass is 10.2. The summed E-state index contributed by atoms with van der Waals surface area (Å²) in [6.07, 6.45) is 2.62. The zero-order valence-electron chi connectivity index (χ0n) is 4.91. The third-order valence-electron chi connectivity index (χ3n) is 1.18. The van der Waals surface area contributed by atoms with Crippen molar-refractivity contribution >= 4 is 0 Å². The van der Waals surface area contributed by atoms with Gasteiger partial charge in [-0.1, -0.05) is 0 Å². The second kappa shape index (κ2) is 2.66. The van der Waals surface area contributed by atoms with Crippen LogP contribution in [0.4, 0.5) is 0 Å². The van der Waals surface area contributed by atoms with Gasteiger partial charge in [-0.15, -0.1) is 0 Å². The first-order valence-corrected chi connectivity index (χ1v) is 2.76. The van der Waals surface area contributed by atoms with E-state index in [0.717, 1.165) is 5.56 Å². The van der Waals surface area contributed by atoms with Gasteiger partial charge in [-0.3, -0.25) is 0 Å². The van der Waals surface area contributed by atoms with E-state index in [2.05, 4.69) is 4.98 Å². The molecule has 0 saturated carbocycles. The lowest BCUT2D eigenvalue weighted by molar-refractivity contribution is 0.0957. The minimum Gasteiger partial charge on any atom is -0.393 e. The predicted molar refractivity (Wildman–Crippen MR) is 32.8 cm³/mol. The largest absolute Gasteiger partial charge is 0.393 e. The molecule has 1 atom stereocenters. The Bertz CT molecular complexity index is 160. The number of H-pyrrole nitrogens is 1. The molecule has 0 amide bonds. The van der Waals surface area contributed by atoms with Crippen LogP contribution >= 0.6 is 0 Å². The van der Waals surface area contributed by atoms with Gasteiger partial charge in [0.1, 0.15) is 6.10 Å². The maximum absolute atomic E-state index is 8.95. The Morgan fingerprint density at radius 3 is 2.89 bits per heavy atom. The van der Waals surface area contributed by atoms with Gasteiger partial charge in [0, 0.05) is 18.0 Å². The number of nitrogens with one attached hydrogen (secondary N) is 1. The van der Waals surface area contributed by atoms with Crippen LogP contribution in [0.3, 0.4) is 0 Å². The molecule has 3 nitrogen and oxygen atoms in total. The summed E-state index contributed by atoms with van der Waals surface area (Å²) in [5.41, 5.74) is 0.720. The lowest BCUT2D eigenvalue weighted by Gasteiger charge is -2.01. The summed E-state index contributed by atoms with van der Waals surface area (Å²) < 4.78 is 0. The molecule has 1 aromatic heterocycles. The van der Waals surface area contributed by atoms with Crippen LogP contribution in [-0.4, -0.2) is 21.8 Å². The molecular weight excluding hydrogens is 118 g/mol. The molecule has 0 spiro atoms. The van der Waals surface area contributed by atoms with Crippen LogP contribution in [0.15, 0.2) is 18.5 Å². The Hall–Kier alpha value is -0.800. The SMILES string of the molecule is OCC(O)c1cc[nH]c1. The van der Waals surface area contributed by atoms with E-state index in [1.54, 1.807) is 18.5 Å². The zero-order chi connectivity index (χ0) is 6.69. The molecular formula is C6H9NO2. The number of aromatic amines is 1.